The SMILES string of the molecule is CN(C)c1ccc(Nc2ncnc(Cl)c2C=O)cc1. The number of carbonyl (C=O) groups is 1. The molecule has 0 aliphatic carbocycles. The molecule has 5 nitrogen and oxygen atoms in total. The van der Waals surface area contributed by atoms with Crippen molar-refractivity contribution in [2.24, 2.45) is 0 Å². The Balaban J connectivity index is 2.26. The van der Waals surface area contributed by atoms with Gasteiger partial charge in [0.25, 0.3) is 0 Å². The van der Waals surface area contributed by atoms with Gasteiger partial charge in [0, 0.05) is 25.5 Å². The fraction of sp³-hybridized carbons (Fsp3) is 0.154. The van der Waals surface area contributed by atoms with Gasteiger partial charge in [-0.15, -0.1) is 0 Å². The third-order valence-corrected chi connectivity index (χ3v) is 2.90. The van der Waals surface area contributed by atoms with Gasteiger partial charge in [0.05, 0.1) is 5.56 Å². The highest BCUT2D eigenvalue weighted by Crippen LogP contribution is 2.23. The molecule has 0 aliphatic rings. The van der Waals surface area contributed by atoms with Crippen molar-refractivity contribution >= 4 is 35.1 Å². The largest absolute Gasteiger partial charge is 0.378 e. The second kappa shape index (κ2) is 5.67. The van der Waals surface area contributed by atoms with E-state index in [1.807, 2.05) is 43.3 Å². The zero-order chi connectivity index (χ0) is 13.8. The van der Waals surface area contributed by atoms with Crippen molar-refractivity contribution in [1.82, 2.24) is 9.97 Å². The number of aromatic nitrogens is 2. The van der Waals surface area contributed by atoms with Gasteiger partial charge in [-0.25, -0.2) is 9.97 Å². The lowest BCUT2D eigenvalue weighted by Crippen LogP contribution is -2.08. The Labute approximate surface area is 116 Å². The van der Waals surface area contributed by atoms with Crippen molar-refractivity contribution in [3.05, 3.63) is 41.3 Å². The van der Waals surface area contributed by atoms with E-state index < -0.39 is 0 Å². The average molecular weight is 277 g/mol. The van der Waals surface area contributed by atoms with Crippen LogP contribution < -0.4 is 10.2 Å². The second-order valence-electron chi connectivity index (χ2n) is 4.11. The lowest BCUT2D eigenvalue weighted by molar-refractivity contribution is 0.112. The van der Waals surface area contributed by atoms with Crippen molar-refractivity contribution in [3.63, 3.8) is 0 Å². The molecule has 19 heavy (non-hydrogen) atoms. The van der Waals surface area contributed by atoms with E-state index in [-0.39, 0.29) is 10.7 Å². The van der Waals surface area contributed by atoms with Crippen LogP contribution in [-0.4, -0.2) is 30.3 Å². The Hall–Kier alpha value is -2.14. The normalized spacial score (nSPS) is 10.1. The number of halogens is 1. The minimum absolute atomic E-state index is 0.136. The van der Waals surface area contributed by atoms with E-state index in [2.05, 4.69) is 15.3 Å². The summed E-state index contributed by atoms with van der Waals surface area (Å²) >= 11 is 5.83. The first kappa shape index (κ1) is 13.3. The number of nitrogens with one attached hydrogen (secondary N) is 1. The maximum Gasteiger partial charge on any atom is 0.156 e. The van der Waals surface area contributed by atoms with E-state index in [4.69, 9.17) is 11.6 Å². The van der Waals surface area contributed by atoms with E-state index in [0.717, 1.165) is 11.4 Å². The maximum atomic E-state index is 11.0. The van der Waals surface area contributed by atoms with Crippen LogP contribution in [0.5, 0.6) is 0 Å². The zero-order valence-electron chi connectivity index (χ0n) is 10.6. The molecule has 0 atom stereocenters. The molecule has 0 amide bonds. The predicted molar refractivity (Wildman–Crippen MR) is 76.5 cm³/mol. The molecule has 1 aromatic carbocycles. The Morgan fingerprint density at radius 1 is 1.21 bits per heavy atom. The summed E-state index contributed by atoms with van der Waals surface area (Å²) in [7, 11) is 3.94. The van der Waals surface area contributed by atoms with Gasteiger partial charge in [0.2, 0.25) is 0 Å². The number of benzene rings is 1. The zero-order valence-corrected chi connectivity index (χ0v) is 11.3. The molecule has 0 aliphatic heterocycles. The maximum absolute atomic E-state index is 11.0. The molecule has 2 rings (SSSR count). The molecule has 6 heteroatoms. The minimum atomic E-state index is 0.136. The quantitative estimate of drug-likeness (QED) is 0.687. The molecule has 0 unspecified atom stereocenters. The molecule has 98 valence electrons. The van der Waals surface area contributed by atoms with Gasteiger partial charge in [0.15, 0.2) is 6.29 Å². The lowest BCUT2D eigenvalue weighted by atomic mass is 10.2. The van der Waals surface area contributed by atoms with Crippen LogP contribution >= 0.6 is 11.6 Å². The smallest absolute Gasteiger partial charge is 0.156 e. The summed E-state index contributed by atoms with van der Waals surface area (Å²) in [6, 6.07) is 7.73. The molecule has 0 saturated carbocycles. The van der Waals surface area contributed by atoms with Gasteiger partial charge in [-0.3, -0.25) is 4.79 Å². The molecule has 0 spiro atoms. The number of carbonyl (C=O) groups excluding carboxylic acids is 1. The standard InChI is InChI=1S/C13H13ClN4O/c1-18(2)10-5-3-9(4-6-10)17-13-11(7-19)12(14)15-8-16-13/h3-8H,1-2H3,(H,15,16,17). The molecule has 1 aromatic heterocycles. The van der Waals surface area contributed by atoms with Gasteiger partial charge >= 0.3 is 0 Å². The highest BCUT2D eigenvalue weighted by atomic mass is 35.5. The van der Waals surface area contributed by atoms with E-state index in [0.29, 0.717) is 12.1 Å². The first-order chi connectivity index (χ1) is 9.11. The fourth-order valence-corrected chi connectivity index (χ4v) is 1.74. The molecule has 0 bridgehead atoms. The molecule has 0 radical (unpaired) electrons. The first-order valence-electron chi connectivity index (χ1n) is 5.62. The lowest BCUT2D eigenvalue weighted by Gasteiger charge is -2.13. The van der Waals surface area contributed by atoms with E-state index >= 15 is 0 Å². The van der Waals surface area contributed by atoms with Crippen LogP contribution in [0.1, 0.15) is 10.4 Å². The van der Waals surface area contributed by atoms with Crippen molar-refractivity contribution in [2.45, 2.75) is 0 Å². The van der Waals surface area contributed by atoms with Crippen LogP contribution in [0.2, 0.25) is 5.15 Å². The van der Waals surface area contributed by atoms with Gasteiger partial charge < -0.3 is 10.2 Å². The van der Waals surface area contributed by atoms with Crippen molar-refractivity contribution in [2.75, 3.05) is 24.3 Å². The van der Waals surface area contributed by atoms with Crippen LogP contribution in [0.25, 0.3) is 0 Å². The number of hydrogen-bond acceptors (Lipinski definition) is 5. The molecule has 0 fully saturated rings. The van der Waals surface area contributed by atoms with Gasteiger partial charge in [-0.1, -0.05) is 11.6 Å². The summed E-state index contributed by atoms with van der Waals surface area (Å²) in [4.78, 5) is 20.8. The summed E-state index contributed by atoms with van der Waals surface area (Å²) in [5.41, 5.74) is 2.16. The third-order valence-electron chi connectivity index (χ3n) is 2.60. The average Bonchev–Trinajstić information content (AvgIpc) is 2.39. The summed E-state index contributed by atoms with van der Waals surface area (Å²) in [5.74, 6) is 0.396. The number of aldehydes is 1. The van der Waals surface area contributed by atoms with Crippen molar-refractivity contribution in [3.8, 4) is 0 Å². The van der Waals surface area contributed by atoms with Gasteiger partial charge in [-0.05, 0) is 24.3 Å². The molecule has 1 heterocycles. The molecule has 0 saturated heterocycles. The Morgan fingerprint density at radius 2 is 1.89 bits per heavy atom. The highest BCUT2D eigenvalue weighted by Gasteiger charge is 2.09. The minimum Gasteiger partial charge on any atom is -0.378 e. The van der Waals surface area contributed by atoms with Crippen molar-refractivity contribution < 1.29 is 4.79 Å². The predicted octanol–water partition coefficient (Wildman–Crippen LogP) is 2.75. The van der Waals surface area contributed by atoms with E-state index in [1.54, 1.807) is 0 Å². The topological polar surface area (TPSA) is 58.1 Å². The summed E-state index contributed by atoms with van der Waals surface area (Å²) in [5, 5.41) is 3.18. The summed E-state index contributed by atoms with van der Waals surface area (Å²) < 4.78 is 0. The first-order valence-corrected chi connectivity index (χ1v) is 5.99. The van der Waals surface area contributed by atoms with E-state index in [9.17, 15) is 4.79 Å². The Kier molecular flexibility index (Phi) is 3.97. The number of anilines is 3. The van der Waals surface area contributed by atoms with Gasteiger partial charge in [0.1, 0.15) is 17.3 Å². The molecule has 1 N–H and O–H groups in total. The molecular formula is C13H13ClN4O. The second-order valence-corrected chi connectivity index (χ2v) is 4.47. The highest BCUT2D eigenvalue weighted by molar-refractivity contribution is 6.32. The van der Waals surface area contributed by atoms with Crippen LogP contribution in [-0.2, 0) is 0 Å². The van der Waals surface area contributed by atoms with Crippen LogP contribution in [0.3, 0.4) is 0 Å². The monoisotopic (exact) mass is 276 g/mol. The third kappa shape index (κ3) is 3.00. The number of rotatable bonds is 4. The summed E-state index contributed by atoms with van der Waals surface area (Å²) in [6.07, 6.45) is 1.95. The van der Waals surface area contributed by atoms with Crippen molar-refractivity contribution in [1.29, 1.82) is 0 Å². The number of hydrogen-bond donors (Lipinski definition) is 1. The Bertz CT molecular complexity index is 584. The summed E-state index contributed by atoms with van der Waals surface area (Å²) in [6.45, 7) is 0. The molecular weight excluding hydrogens is 264 g/mol. The number of nitrogens with zero attached hydrogens (tertiary/aromatic N) is 3. The molecule has 2 aromatic rings. The van der Waals surface area contributed by atoms with Crippen LogP contribution in [0.15, 0.2) is 30.6 Å². The van der Waals surface area contributed by atoms with Crippen LogP contribution in [0, 0.1) is 0 Å². The fourth-order valence-electron chi connectivity index (χ4n) is 1.56. The Morgan fingerprint density at radius 3 is 2.47 bits per heavy atom. The van der Waals surface area contributed by atoms with Crippen LogP contribution in [0.4, 0.5) is 17.2 Å². The van der Waals surface area contributed by atoms with E-state index in [1.165, 1.54) is 6.33 Å². The van der Waals surface area contributed by atoms with Gasteiger partial charge in [-0.2, -0.15) is 0 Å².